The largest absolute Gasteiger partial charge is 0.339 e. The Morgan fingerprint density at radius 1 is 1.24 bits per heavy atom. The van der Waals surface area contributed by atoms with Crippen LogP contribution in [0, 0.1) is 0 Å². The lowest BCUT2D eigenvalue weighted by molar-refractivity contribution is 0.208. The van der Waals surface area contributed by atoms with Gasteiger partial charge in [0.2, 0.25) is 5.89 Å². The average Bonchev–Trinajstić information content (AvgIpc) is 2.80. The molecule has 0 aliphatic carbocycles. The molecule has 4 heteroatoms. The van der Waals surface area contributed by atoms with E-state index in [9.17, 15) is 0 Å². The predicted molar refractivity (Wildman–Crippen MR) is 67.0 cm³/mol. The van der Waals surface area contributed by atoms with Crippen molar-refractivity contribution in [2.24, 2.45) is 0 Å². The molecule has 0 radical (unpaired) electrons. The molecule has 96 valence electrons. The predicted octanol–water partition coefficient (Wildman–Crippen LogP) is 2.44. The summed E-state index contributed by atoms with van der Waals surface area (Å²) in [6.45, 7) is 6.49. The molecule has 0 aromatic carbocycles. The number of hydrogen-bond acceptors (Lipinski definition) is 4. The van der Waals surface area contributed by atoms with Crippen LogP contribution in [0.2, 0.25) is 0 Å². The third kappa shape index (κ3) is 2.68. The summed E-state index contributed by atoms with van der Waals surface area (Å²) in [5.74, 6) is 1.75. The number of piperidine rings is 1. The molecule has 0 unspecified atom stereocenters. The average molecular weight is 237 g/mol. The van der Waals surface area contributed by atoms with Crippen LogP contribution >= 0.6 is 0 Å². The van der Waals surface area contributed by atoms with E-state index in [0.717, 1.165) is 56.9 Å². The zero-order valence-corrected chi connectivity index (χ0v) is 11.0. The lowest BCUT2D eigenvalue weighted by atomic mass is 9.75. The van der Waals surface area contributed by atoms with E-state index < -0.39 is 0 Å². The van der Waals surface area contributed by atoms with Gasteiger partial charge in [-0.25, -0.2) is 0 Å². The van der Waals surface area contributed by atoms with E-state index in [1.165, 1.54) is 6.42 Å². The first-order valence-electron chi connectivity index (χ1n) is 6.84. The SMILES string of the molecule is CCCc1noc(C2(CCC)CCNCC2)n1. The molecule has 2 rings (SSSR count). The first-order valence-corrected chi connectivity index (χ1v) is 6.84. The minimum Gasteiger partial charge on any atom is -0.339 e. The smallest absolute Gasteiger partial charge is 0.232 e. The molecule has 1 aliphatic heterocycles. The van der Waals surface area contributed by atoms with E-state index in [4.69, 9.17) is 4.52 Å². The molecule has 1 aliphatic rings. The summed E-state index contributed by atoms with van der Waals surface area (Å²) in [5.41, 5.74) is 0.138. The van der Waals surface area contributed by atoms with Gasteiger partial charge in [-0.15, -0.1) is 0 Å². The van der Waals surface area contributed by atoms with Gasteiger partial charge in [-0.3, -0.25) is 0 Å². The van der Waals surface area contributed by atoms with Crippen LogP contribution in [0.15, 0.2) is 4.52 Å². The van der Waals surface area contributed by atoms with Gasteiger partial charge in [0.1, 0.15) is 0 Å². The summed E-state index contributed by atoms with van der Waals surface area (Å²) in [4.78, 5) is 4.61. The third-order valence-corrected chi connectivity index (χ3v) is 3.68. The summed E-state index contributed by atoms with van der Waals surface area (Å²) in [7, 11) is 0. The fourth-order valence-electron chi connectivity index (χ4n) is 2.75. The van der Waals surface area contributed by atoms with Crippen molar-refractivity contribution in [3.05, 3.63) is 11.7 Å². The Kier molecular flexibility index (Phi) is 4.15. The van der Waals surface area contributed by atoms with E-state index in [1.807, 2.05) is 0 Å². The first-order chi connectivity index (χ1) is 8.30. The Hall–Kier alpha value is -0.900. The van der Waals surface area contributed by atoms with Crippen LogP contribution in [0.4, 0.5) is 0 Å². The normalized spacial score (nSPS) is 19.4. The van der Waals surface area contributed by atoms with Crippen LogP contribution in [-0.2, 0) is 11.8 Å². The summed E-state index contributed by atoms with van der Waals surface area (Å²) in [5, 5.41) is 7.51. The van der Waals surface area contributed by atoms with Crippen LogP contribution in [0.25, 0.3) is 0 Å². The molecule has 4 nitrogen and oxygen atoms in total. The molecular formula is C13H23N3O. The molecule has 0 amide bonds. The van der Waals surface area contributed by atoms with E-state index in [0.29, 0.717) is 0 Å². The van der Waals surface area contributed by atoms with Crippen LogP contribution in [0.5, 0.6) is 0 Å². The number of aromatic nitrogens is 2. The molecular weight excluding hydrogens is 214 g/mol. The number of nitrogens with zero attached hydrogens (tertiary/aromatic N) is 2. The second-order valence-corrected chi connectivity index (χ2v) is 5.05. The van der Waals surface area contributed by atoms with Gasteiger partial charge in [0.05, 0.1) is 5.41 Å². The highest BCUT2D eigenvalue weighted by atomic mass is 16.5. The Morgan fingerprint density at radius 3 is 2.65 bits per heavy atom. The lowest BCUT2D eigenvalue weighted by Crippen LogP contribution is -2.40. The van der Waals surface area contributed by atoms with Crippen molar-refractivity contribution in [1.82, 2.24) is 15.5 Å². The molecule has 0 bridgehead atoms. The van der Waals surface area contributed by atoms with E-state index in [2.05, 4.69) is 29.3 Å². The van der Waals surface area contributed by atoms with E-state index in [1.54, 1.807) is 0 Å². The van der Waals surface area contributed by atoms with Crippen molar-refractivity contribution in [2.75, 3.05) is 13.1 Å². The highest BCUT2D eigenvalue weighted by Crippen LogP contribution is 2.36. The number of nitrogens with one attached hydrogen (secondary N) is 1. The second kappa shape index (κ2) is 5.63. The highest BCUT2D eigenvalue weighted by Gasteiger charge is 2.38. The minimum atomic E-state index is 0.138. The van der Waals surface area contributed by atoms with E-state index in [-0.39, 0.29) is 5.41 Å². The van der Waals surface area contributed by atoms with Gasteiger partial charge >= 0.3 is 0 Å². The van der Waals surface area contributed by atoms with Crippen molar-refractivity contribution in [1.29, 1.82) is 0 Å². The zero-order chi connectivity index (χ0) is 12.1. The molecule has 1 fully saturated rings. The fraction of sp³-hybridized carbons (Fsp3) is 0.846. The molecule has 0 atom stereocenters. The maximum absolute atomic E-state index is 5.52. The maximum Gasteiger partial charge on any atom is 0.232 e. The topological polar surface area (TPSA) is 51.0 Å². The summed E-state index contributed by atoms with van der Waals surface area (Å²) in [6, 6.07) is 0. The van der Waals surface area contributed by atoms with Crippen LogP contribution in [-0.4, -0.2) is 23.2 Å². The molecule has 1 saturated heterocycles. The van der Waals surface area contributed by atoms with Crippen molar-refractivity contribution < 1.29 is 4.52 Å². The van der Waals surface area contributed by atoms with Crippen LogP contribution in [0.1, 0.15) is 57.7 Å². The van der Waals surface area contributed by atoms with Gasteiger partial charge in [0, 0.05) is 6.42 Å². The maximum atomic E-state index is 5.52. The van der Waals surface area contributed by atoms with Crippen LogP contribution < -0.4 is 5.32 Å². The zero-order valence-electron chi connectivity index (χ0n) is 11.0. The van der Waals surface area contributed by atoms with Crippen molar-refractivity contribution in [3.8, 4) is 0 Å². The van der Waals surface area contributed by atoms with Gasteiger partial charge < -0.3 is 9.84 Å². The summed E-state index contributed by atoms with van der Waals surface area (Å²) in [6.07, 6.45) is 6.56. The summed E-state index contributed by atoms with van der Waals surface area (Å²) < 4.78 is 5.52. The molecule has 2 heterocycles. The second-order valence-electron chi connectivity index (χ2n) is 5.05. The molecule has 1 N–H and O–H groups in total. The molecule has 0 saturated carbocycles. The van der Waals surface area contributed by atoms with Gasteiger partial charge in [-0.05, 0) is 38.8 Å². The monoisotopic (exact) mass is 237 g/mol. The first kappa shape index (κ1) is 12.6. The Bertz CT molecular complexity index is 337. The van der Waals surface area contributed by atoms with Gasteiger partial charge in [-0.2, -0.15) is 4.98 Å². The number of aryl methyl sites for hydroxylation is 1. The minimum absolute atomic E-state index is 0.138. The van der Waals surface area contributed by atoms with Gasteiger partial charge in [-0.1, -0.05) is 25.4 Å². The van der Waals surface area contributed by atoms with Crippen molar-refractivity contribution in [3.63, 3.8) is 0 Å². The van der Waals surface area contributed by atoms with Gasteiger partial charge in [0.15, 0.2) is 5.82 Å². The van der Waals surface area contributed by atoms with Crippen molar-refractivity contribution >= 4 is 0 Å². The highest BCUT2D eigenvalue weighted by molar-refractivity contribution is 5.07. The molecule has 17 heavy (non-hydrogen) atoms. The Morgan fingerprint density at radius 2 is 2.00 bits per heavy atom. The van der Waals surface area contributed by atoms with Crippen LogP contribution in [0.3, 0.4) is 0 Å². The van der Waals surface area contributed by atoms with E-state index >= 15 is 0 Å². The fourth-order valence-corrected chi connectivity index (χ4v) is 2.75. The molecule has 1 aromatic heterocycles. The lowest BCUT2D eigenvalue weighted by Gasteiger charge is -2.34. The Balaban J connectivity index is 2.18. The van der Waals surface area contributed by atoms with Gasteiger partial charge in [0.25, 0.3) is 0 Å². The third-order valence-electron chi connectivity index (χ3n) is 3.68. The standard InChI is InChI=1S/C13H23N3O/c1-3-5-11-15-12(17-16-11)13(6-4-2)7-9-14-10-8-13/h14H,3-10H2,1-2H3. The molecule has 1 aromatic rings. The van der Waals surface area contributed by atoms with Crippen molar-refractivity contribution in [2.45, 2.75) is 57.8 Å². The number of hydrogen-bond donors (Lipinski definition) is 1. The quantitative estimate of drug-likeness (QED) is 0.854. The molecule has 0 spiro atoms. The number of rotatable bonds is 5. The Labute approximate surface area is 103 Å². The summed E-state index contributed by atoms with van der Waals surface area (Å²) >= 11 is 0.